The summed E-state index contributed by atoms with van der Waals surface area (Å²) in [6.07, 6.45) is 1.65. The van der Waals surface area contributed by atoms with E-state index in [1.54, 1.807) is 12.1 Å². The highest BCUT2D eigenvalue weighted by Gasteiger charge is 1.92. The molecule has 0 fully saturated rings. The van der Waals surface area contributed by atoms with Gasteiger partial charge in [-0.2, -0.15) is 0 Å². The summed E-state index contributed by atoms with van der Waals surface area (Å²) in [4.78, 5) is 3.00. The van der Waals surface area contributed by atoms with Crippen LogP contribution in [0.4, 0.5) is 0 Å². The molecule has 46 valence electrons. The van der Waals surface area contributed by atoms with Crippen LogP contribution in [-0.2, 0) is 0 Å². The van der Waals surface area contributed by atoms with Crippen LogP contribution in [0.1, 0.15) is 13.8 Å². The van der Waals surface area contributed by atoms with Gasteiger partial charge in [0.25, 0.3) is 5.70 Å². The fourth-order valence-electron chi connectivity index (χ4n) is 0.415. The van der Waals surface area contributed by atoms with E-state index in [1.165, 1.54) is 0 Å². The van der Waals surface area contributed by atoms with E-state index >= 15 is 0 Å². The fraction of sp³-hybridized carbons (Fsp3) is 0.429. The predicted octanol–water partition coefficient (Wildman–Crippen LogP) is 1.97. The molecule has 2 nitrogen and oxygen atoms in total. The van der Waals surface area contributed by atoms with Crippen LogP contribution in [0, 0.1) is 23.8 Å². The molecule has 0 amide bonds. The SMILES string of the molecule is [C-]#[N+]/C(C#N)=C/C(C)C. The lowest BCUT2D eigenvalue weighted by molar-refractivity contribution is 0.828. The lowest BCUT2D eigenvalue weighted by atomic mass is 10.2. The van der Waals surface area contributed by atoms with Crippen molar-refractivity contribution in [2.24, 2.45) is 5.92 Å². The van der Waals surface area contributed by atoms with Crippen LogP contribution >= 0.6 is 0 Å². The summed E-state index contributed by atoms with van der Waals surface area (Å²) < 4.78 is 0. The zero-order valence-electron chi connectivity index (χ0n) is 5.55. The first-order chi connectivity index (χ1) is 4.20. The maximum atomic E-state index is 8.24. The molecule has 2 heteroatoms. The van der Waals surface area contributed by atoms with Gasteiger partial charge in [0.2, 0.25) is 0 Å². The van der Waals surface area contributed by atoms with Gasteiger partial charge in [-0.05, 0) is 5.92 Å². The molecule has 0 aliphatic carbocycles. The van der Waals surface area contributed by atoms with Gasteiger partial charge in [-0.25, -0.2) is 10.1 Å². The molecule has 0 spiro atoms. The highest BCUT2D eigenvalue weighted by Crippen LogP contribution is 2.01. The second-order valence-electron chi connectivity index (χ2n) is 2.02. The molecule has 0 atom stereocenters. The molecule has 0 radical (unpaired) electrons. The summed E-state index contributed by atoms with van der Waals surface area (Å²) in [5, 5.41) is 8.24. The molecule has 0 rings (SSSR count). The quantitative estimate of drug-likeness (QED) is 0.384. The first-order valence-electron chi connectivity index (χ1n) is 2.70. The predicted molar refractivity (Wildman–Crippen MR) is 35.1 cm³/mol. The van der Waals surface area contributed by atoms with Crippen molar-refractivity contribution in [3.05, 3.63) is 23.2 Å². The summed E-state index contributed by atoms with van der Waals surface area (Å²) in [5.74, 6) is 0.286. The van der Waals surface area contributed by atoms with Crippen LogP contribution in [0.25, 0.3) is 4.85 Å². The van der Waals surface area contributed by atoms with Crippen LogP contribution in [-0.4, -0.2) is 0 Å². The summed E-state index contributed by atoms with van der Waals surface area (Å²) >= 11 is 0. The second-order valence-corrected chi connectivity index (χ2v) is 2.02. The number of hydrogen-bond donors (Lipinski definition) is 0. The van der Waals surface area contributed by atoms with E-state index in [0.717, 1.165) is 0 Å². The minimum absolute atomic E-state index is 0.185. The highest BCUT2D eigenvalue weighted by molar-refractivity contribution is 5.26. The van der Waals surface area contributed by atoms with E-state index in [1.807, 2.05) is 13.8 Å². The van der Waals surface area contributed by atoms with Crippen molar-refractivity contribution in [1.29, 1.82) is 5.26 Å². The van der Waals surface area contributed by atoms with E-state index in [9.17, 15) is 0 Å². The monoisotopic (exact) mass is 120 g/mol. The lowest BCUT2D eigenvalue weighted by Gasteiger charge is -1.90. The smallest absolute Gasteiger partial charge is 0.227 e. The Hall–Kier alpha value is -1.28. The largest absolute Gasteiger partial charge is 0.258 e. The Morgan fingerprint density at radius 2 is 2.33 bits per heavy atom. The molecule has 0 aromatic heterocycles. The Balaban J connectivity index is 4.18. The van der Waals surface area contributed by atoms with E-state index in [-0.39, 0.29) is 11.6 Å². The van der Waals surface area contributed by atoms with Crippen molar-refractivity contribution in [3.63, 3.8) is 0 Å². The maximum absolute atomic E-state index is 8.24. The van der Waals surface area contributed by atoms with Gasteiger partial charge in [-0.1, -0.05) is 19.9 Å². The van der Waals surface area contributed by atoms with Crippen LogP contribution in [0.3, 0.4) is 0 Å². The molecular formula is C7H8N2. The first-order valence-corrected chi connectivity index (χ1v) is 2.70. The van der Waals surface area contributed by atoms with E-state index < -0.39 is 0 Å². The van der Waals surface area contributed by atoms with Gasteiger partial charge in [-0.3, -0.25) is 0 Å². The average Bonchev–Trinajstić information content (AvgIpc) is 1.82. The zero-order valence-corrected chi connectivity index (χ0v) is 5.55. The van der Waals surface area contributed by atoms with Crippen LogP contribution < -0.4 is 0 Å². The third-order valence-electron chi connectivity index (χ3n) is 0.726. The Kier molecular flexibility index (Phi) is 3.16. The van der Waals surface area contributed by atoms with E-state index in [2.05, 4.69) is 4.85 Å². The van der Waals surface area contributed by atoms with Crippen molar-refractivity contribution in [3.8, 4) is 6.07 Å². The Morgan fingerprint density at radius 1 is 1.78 bits per heavy atom. The van der Waals surface area contributed by atoms with Gasteiger partial charge >= 0.3 is 0 Å². The molecule has 0 heterocycles. The molecule has 0 N–H and O–H groups in total. The Labute approximate surface area is 55.2 Å². The van der Waals surface area contributed by atoms with Crippen LogP contribution in [0.5, 0.6) is 0 Å². The van der Waals surface area contributed by atoms with Gasteiger partial charge in [-0.15, -0.1) is 0 Å². The molecule has 0 unspecified atom stereocenters. The zero-order chi connectivity index (χ0) is 7.28. The molecule has 0 saturated carbocycles. The number of nitrogens with zero attached hydrogens (tertiary/aromatic N) is 2. The molecule has 0 saturated heterocycles. The van der Waals surface area contributed by atoms with Crippen LogP contribution in [0.15, 0.2) is 11.8 Å². The van der Waals surface area contributed by atoms with Crippen molar-refractivity contribution >= 4 is 0 Å². The number of hydrogen-bond acceptors (Lipinski definition) is 1. The van der Waals surface area contributed by atoms with Gasteiger partial charge in [0.05, 0.1) is 12.6 Å². The molecule has 0 aliphatic rings. The van der Waals surface area contributed by atoms with Crippen molar-refractivity contribution in [2.75, 3.05) is 0 Å². The minimum atomic E-state index is 0.185. The number of nitriles is 1. The van der Waals surface area contributed by atoms with Gasteiger partial charge < -0.3 is 0 Å². The van der Waals surface area contributed by atoms with Gasteiger partial charge in [0.15, 0.2) is 0 Å². The molecule has 0 bridgehead atoms. The molecule has 0 aromatic rings. The Bertz CT molecular complexity index is 172. The second kappa shape index (κ2) is 3.69. The van der Waals surface area contributed by atoms with Gasteiger partial charge in [0.1, 0.15) is 0 Å². The summed E-state index contributed by atoms with van der Waals surface area (Å²) in [6, 6.07) is 1.79. The third kappa shape index (κ3) is 3.32. The minimum Gasteiger partial charge on any atom is -0.227 e. The number of allylic oxidation sites excluding steroid dienone is 2. The summed E-state index contributed by atoms with van der Waals surface area (Å²) in [5.41, 5.74) is 0.185. The normalized spacial score (nSPS) is 10.6. The molecular weight excluding hydrogens is 112 g/mol. The molecule has 0 aromatic carbocycles. The summed E-state index contributed by atoms with van der Waals surface area (Å²) in [6.45, 7) is 10.4. The standard InChI is InChI=1S/C7H8N2/c1-6(2)4-7(5-8)9-3/h4,6H,1-2H3/b7-4+. The molecule has 9 heavy (non-hydrogen) atoms. The summed E-state index contributed by atoms with van der Waals surface area (Å²) in [7, 11) is 0. The first kappa shape index (κ1) is 7.72. The van der Waals surface area contributed by atoms with Crippen molar-refractivity contribution in [1.82, 2.24) is 0 Å². The van der Waals surface area contributed by atoms with Crippen molar-refractivity contribution in [2.45, 2.75) is 13.8 Å². The van der Waals surface area contributed by atoms with Crippen LogP contribution in [0.2, 0.25) is 0 Å². The maximum Gasteiger partial charge on any atom is 0.258 e. The number of rotatable bonds is 1. The Morgan fingerprint density at radius 3 is 2.44 bits per heavy atom. The highest BCUT2D eigenvalue weighted by atomic mass is 14.7. The lowest BCUT2D eigenvalue weighted by Crippen LogP contribution is -1.79. The van der Waals surface area contributed by atoms with Crippen molar-refractivity contribution < 1.29 is 0 Å². The molecule has 0 aliphatic heterocycles. The topological polar surface area (TPSA) is 28.1 Å². The average molecular weight is 120 g/mol. The van der Waals surface area contributed by atoms with Gasteiger partial charge in [0, 0.05) is 0 Å². The van der Waals surface area contributed by atoms with E-state index in [0.29, 0.717) is 0 Å². The third-order valence-corrected chi connectivity index (χ3v) is 0.726. The fourth-order valence-corrected chi connectivity index (χ4v) is 0.415. The van der Waals surface area contributed by atoms with E-state index in [4.69, 9.17) is 11.8 Å².